The highest BCUT2D eigenvalue weighted by Gasteiger charge is 2.34. The topological polar surface area (TPSA) is 70.1 Å². The highest BCUT2D eigenvalue weighted by molar-refractivity contribution is 6.15. The van der Waals surface area contributed by atoms with E-state index >= 15 is 0 Å². The number of carboxylic acid groups (broad SMARTS) is 1. The van der Waals surface area contributed by atoms with Gasteiger partial charge in [-0.05, 0) is 57.4 Å². The van der Waals surface area contributed by atoms with E-state index in [0.29, 0.717) is 32.4 Å². The average Bonchev–Trinajstić information content (AvgIpc) is 2.58. The minimum Gasteiger partial charge on any atom is -0.480 e. The second kappa shape index (κ2) is 8.73. The Morgan fingerprint density at radius 1 is 1.27 bits per heavy atom. The third kappa shape index (κ3) is 5.88. The number of carbonyl (C=O) groups is 2. The van der Waals surface area contributed by atoms with Crippen molar-refractivity contribution in [2.24, 2.45) is 0 Å². The Bertz CT molecular complexity index is 610. The standard InChI is InChI=1S/C19H27ClN2O4/c1-19(2,3)26-18(25)21-11-9-15(10-12-21)22(20)16(17(23)24)13-14-7-5-4-6-8-14/h4-8,15-16H,9-13H2,1-3H3,(H,23,24). The molecule has 1 N–H and O–H groups in total. The normalized spacial score (nSPS) is 17.2. The van der Waals surface area contributed by atoms with Crippen LogP contribution in [0.3, 0.4) is 0 Å². The van der Waals surface area contributed by atoms with Crippen molar-refractivity contribution in [1.82, 2.24) is 9.32 Å². The number of hydrogen-bond donors (Lipinski definition) is 1. The van der Waals surface area contributed by atoms with Crippen LogP contribution < -0.4 is 0 Å². The van der Waals surface area contributed by atoms with Gasteiger partial charge < -0.3 is 14.7 Å². The third-order valence-electron chi connectivity index (χ3n) is 4.32. The minimum absolute atomic E-state index is 0.0971. The van der Waals surface area contributed by atoms with Crippen LogP contribution in [0.25, 0.3) is 0 Å². The zero-order chi connectivity index (χ0) is 19.3. The van der Waals surface area contributed by atoms with Crippen LogP contribution in [0.1, 0.15) is 39.2 Å². The Morgan fingerprint density at radius 2 is 1.85 bits per heavy atom. The molecule has 1 aliphatic heterocycles. The first kappa shape index (κ1) is 20.5. The number of ether oxygens (including phenoxy) is 1. The molecule has 1 heterocycles. The average molecular weight is 383 g/mol. The Hall–Kier alpha value is -1.79. The molecule has 0 aromatic heterocycles. The lowest BCUT2D eigenvalue weighted by Crippen LogP contribution is -2.50. The molecule has 0 aliphatic carbocycles. The van der Waals surface area contributed by atoms with E-state index in [1.165, 1.54) is 4.42 Å². The van der Waals surface area contributed by atoms with E-state index < -0.39 is 17.6 Å². The van der Waals surface area contributed by atoms with Crippen molar-refractivity contribution >= 4 is 23.8 Å². The van der Waals surface area contributed by atoms with Gasteiger partial charge in [-0.2, -0.15) is 0 Å². The van der Waals surface area contributed by atoms with Gasteiger partial charge in [0.2, 0.25) is 0 Å². The fourth-order valence-electron chi connectivity index (χ4n) is 2.99. The fraction of sp³-hybridized carbons (Fsp3) is 0.579. The maximum Gasteiger partial charge on any atom is 0.410 e. The molecule has 0 radical (unpaired) electrons. The molecule has 6 nitrogen and oxygen atoms in total. The van der Waals surface area contributed by atoms with Crippen molar-refractivity contribution in [3.05, 3.63) is 35.9 Å². The summed E-state index contributed by atoms with van der Waals surface area (Å²) in [5, 5.41) is 9.59. The van der Waals surface area contributed by atoms with Gasteiger partial charge in [-0.25, -0.2) is 9.21 Å². The van der Waals surface area contributed by atoms with E-state index in [1.54, 1.807) is 4.90 Å². The molecular weight excluding hydrogens is 356 g/mol. The van der Waals surface area contributed by atoms with Gasteiger partial charge in [0.15, 0.2) is 0 Å². The quantitative estimate of drug-likeness (QED) is 0.789. The summed E-state index contributed by atoms with van der Waals surface area (Å²) in [6.45, 7) is 6.50. The molecule has 1 aromatic carbocycles. The van der Waals surface area contributed by atoms with Crippen molar-refractivity contribution in [2.45, 2.75) is 57.7 Å². The van der Waals surface area contributed by atoms with Crippen LogP contribution >= 0.6 is 11.8 Å². The summed E-state index contributed by atoms with van der Waals surface area (Å²) < 4.78 is 6.80. The van der Waals surface area contributed by atoms with Gasteiger partial charge in [0.05, 0.1) is 0 Å². The highest BCUT2D eigenvalue weighted by Crippen LogP contribution is 2.24. The SMILES string of the molecule is CC(C)(C)OC(=O)N1CCC(N(Cl)C(Cc2ccccc2)C(=O)O)CC1. The number of nitrogens with zero attached hydrogens (tertiary/aromatic N) is 2. The zero-order valence-corrected chi connectivity index (χ0v) is 16.3. The molecule has 1 saturated heterocycles. The molecule has 26 heavy (non-hydrogen) atoms. The van der Waals surface area contributed by atoms with Crippen molar-refractivity contribution in [1.29, 1.82) is 0 Å². The summed E-state index contributed by atoms with van der Waals surface area (Å²) in [6.07, 6.45) is 1.23. The van der Waals surface area contributed by atoms with Crippen LogP contribution in [0.5, 0.6) is 0 Å². The third-order valence-corrected chi connectivity index (χ3v) is 4.83. The number of rotatable bonds is 5. The zero-order valence-electron chi connectivity index (χ0n) is 15.5. The largest absolute Gasteiger partial charge is 0.480 e. The summed E-state index contributed by atoms with van der Waals surface area (Å²) in [4.78, 5) is 25.5. The van der Waals surface area contributed by atoms with Crippen molar-refractivity contribution in [2.75, 3.05) is 13.1 Å². The molecule has 0 spiro atoms. The molecule has 1 unspecified atom stereocenters. The molecular formula is C19H27ClN2O4. The van der Waals surface area contributed by atoms with Crippen molar-refractivity contribution in [3.63, 3.8) is 0 Å². The number of benzene rings is 1. The van der Waals surface area contributed by atoms with Crippen molar-refractivity contribution in [3.8, 4) is 0 Å². The van der Waals surface area contributed by atoms with Crippen LogP contribution in [0.2, 0.25) is 0 Å². The number of halogens is 1. The minimum atomic E-state index is -0.946. The summed E-state index contributed by atoms with van der Waals surface area (Å²) in [7, 11) is 0. The first-order valence-corrected chi connectivity index (χ1v) is 9.20. The van der Waals surface area contributed by atoms with Gasteiger partial charge >= 0.3 is 12.1 Å². The molecule has 7 heteroatoms. The molecule has 0 saturated carbocycles. The molecule has 1 amide bonds. The maximum absolute atomic E-state index is 12.1. The molecule has 144 valence electrons. The number of piperidine rings is 1. The van der Waals surface area contributed by atoms with Crippen LogP contribution in [0.4, 0.5) is 4.79 Å². The maximum atomic E-state index is 12.1. The van der Waals surface area contributed by atoms with Crippen LogP contribution in [0, 0.1) is 0 Å². The number of hydrogen-bond acceptors (Lipinski definition) is 4. The highest BCUT2D eigenvalue weighted by atomic mass is 35.5. The summed E-state index contributed by atoms with van der Waals surface area (Å²) in [6, 6.07) is 8.54. The molecule has 2 rings (SSSR count). The Balaban J connectivity index is 1.94. The van der Waals surface area contributed by atoms with E-state index in [2.05, 4.69) is 0 Å². The monoisotopic (exact) mass is 382 g/mol. The van der Waals surface area contributed by atoms with E-state index in [0.717, 1.165) is 5.56 Å². The number of amides is 1. The first-order valence-electron chi connectivity index (χ1n) is 8.86. The Labute approximate surface area is 159 Å². The first-order chi connectivity index (χ1) is 12.2. The Kier molecular flexibility index (Phi) is 6.89. The van der Waals surface area contributed by atoms with E-state index in [-0.39, 0.29) is 12.1 Å². The molecule has 1 atom stereocenters. The second-order valence-electron chi connectivity index (χ2n) is 7.59. The van der Waals surface area contributed by atoms with E-state index in [9.17, 15) is 14.7 Å². The summed E-state index contributed by atoms with van der Waals surface area (Å²) in [5.74, 6) is -0.946. The molecule has 1 fully saturated rings. The predicted molar refractivity (Wildman–Crippen MR) is 100 cm³/mol. The van der Waals surface area contributed by atoms with Gasteiger partial charge in [-0.15, -0.1) is 0 Å². The lowest BCUT2D eigenvalue weighted by Gasteiger charge is -2.37. The molecule has 1 aliphatic rings. The van der Waals surface area contributed by atoms with Gasteiger partial charge in [0.1, 0.15) is 11.6 Å². The van der Waals surface area contributed by atoms with Crippen LogP contribution in [0.15, 0.2) is 30.3 Å². The van der Waals surface area contributed by atoms with Crippen molar-refractivity contribution < 1.29 is 19.4 Å². The Morgan fingerprint density at radius 3 is 2.35 bits per heavy atom. The van der Waals surface area contributed by atoms with Gasteiger partial charge in [-0.3, -0.25) is 4.79 Å². The summed E-state index contributed by atoms with van der Waals surface area (Å²) in [5.41, 5.74) is 0.396. The molecule has 0 bridgehead atoms. The fourth-order valence-corrected chi connectivity index (χ4v) is 3.34. The van der Waals surface area contributed by atoms with E-state index in [1.807, 2.05) is 51.1 Å². The number of carboxylic acids is 1. The van der Waals surface area contributed by atoms with Crippen LogP contribution in [-0.2, 0) is 16.0 Å². The second-order valence-corrected chi connectivity index (χ2v) is 7.98. The summed E-state index contributed by atoms with van der Waals surface area (Å²) >= 11 is 6.42. The lowest BCUT2D eigenvalue weighted by molar-refractivity contribution is -0.142. The molecule has 1 aromatic rings. The van der Waals surface area contributed by atoms with Gasteiger partial charge in [-0.1, -0.05) is 30.3 Å². The number of carbonyl (C=O) groups excluding carboxylic acids is 1. The lowest BCUT2D eigenvalue weighted by atomic mass is 10.0. The number of likely N-dealkylation sites (tertiary alicyclic amines) is 1. The van der Waals surface area contributed by atoms with Crippen LogP contribution in [-0.4, -0.2) is 57.3 Å². The van der Waals surface area contributed by atoms with E-state index in [4.69, 9.17) is 16.5 Å². The van der Waals surface area contributed by atoms with Gasteiger partial charge in [0, 0.05) is 19.1 Å². The van der Waals surface area contributed by atoms with Gasteiger partial charge in [0.25, 0.3) is 0 Å². The predicted octanol–water partition coefficient (Wildman–Crippen LogP) is 3.54. The number of aliphatic carboxylic acids is 1. The smallest absolute Gasteiger partial charge is 0.410 e.